The van der Waals surface area contributed by atoms with E-state index in [9.17, 15) is 4.79 Å². The molecule has 0 aliphatic rings. The Morgan fingerprint density at radius 3 is 3.05 bits per heavy atom. The highest BCUT2D eigenvalue weighted by molar-refractivity contribution is 7.09. The van der Waals surface area contributed by atoms with Gasteiger partial charge in [-0.1, -0.05) is 12.1 Å². The zero-order valence-electron chi connectivity index (χ0n) is 12.8. The summed E-state index contributed by atoms with van der Waals surface area (Å²) in [5, 5.41) is 8.56. The number of ether oxygens (including phenoxy) is 1. The van der Waals surface area contributed by atoms with Crippen LogP contribution in [0.15, 0.2) is 35.8 Å². The van der Waals surface area contributed by atoms with Crippen molar-refractivity contribution in [3.05, 3.63) is 46.4 Å². The summed E-state index contributed by atoms with van der Waals surface area (Å²) in [4.78, 5) is 16.0. The van der Waals surface area contributed by atoms with Crippen LogP contribution in [0.5, 0.6) is 5.75 Å². The first-order valence-electron chi connectivity index (χ1n) is 7.25. The fourth-order valence-electron chi connectivity index (χ4n) is 2.08. The van der Waals surface area contributed by atoms with Crippen LogP contribution in [0.2, 0.25) is 0 Å². The third-order valence-electron chi connectivity index (χ3n) is 3.23. The normalized spacial score (nSPS) is 11.7. The molecule has 0 saturated carbocycles. The fraction of sp³-hybridized carbons (Fsp3) is 0.375. The van der Waals surface area contributed by atoms with E-state index in [-0.39, 0.29) is 12.1 Å². The number of carbonyl (C=O) groups is 1. The highest BCUT2D eigenvalue weighted by Gasteiger charge is 2.10. The lowest BCUT2D eigenvalue weighted by atomic mass is 10.1. The molecule has 0 fully saturated rings. The van der Waals surface area contributed by atoms with Gasteiger partial charge in [0.2, 0.25) is 0 Å². The van der Waals surface area contributed by atoms with Gasteiger partial charge in [0.25, 0.3) is 0 Å². The molecular weight excluding hydrogens is 298 g/mol. The molecular formula is C16H21N3O2S. The third kappa shape index (κ3) is 5.04. The number of hydrogen-bond acceptors (Lipinski definition) is 4. The van der Waals surface area contributed by atoms with E-state index in [0.717, 1.165) is 23.6 Å². The summed E-state index contributed by atoms with van der Waals surface area (Å²) in [6, 6.07) is 7.75. The zero-order valence-corrected chi connectivity index (χ0v) is 13.7. The second-order valence-electron chi connectivity index (χ2n) is 4.95. The summed E-state index contributed by atoms with van der Waals surface area (Å²) in [5.41, 5.74) is 1.21. The van der Waals surface area contributed by atoms with Crippen LogP contribution in [-0.2, 0) is 6.42 Å². The molecule has 1 unspecified atom stereocenters. The highest BCUT2D eigenvalue weighted by Crippen LogP contribution is 2.15. The Bertz CT molecular complexity index is 587. The molecule has 1 aromatic carbocycles. The number of rotatable bonds is 7. The van der Waals surface area contributed by atoms with Crippen molar-refractivity contribution in [2.75, 3.05) is 13.7 Å². The quantitative estimate of drug-likeness (QED) is 0.771. The summed E-state index contributed by atoms with van der Waals surface area (Å²) in [7, 11) is 1.66. The first-order valence-corrected chi connectivity index (χ1v) is 8.13. The molecule has 1 atom stereocenters. The molecule has 1 heterocycles. The van der Waals surface area contributed by atoms with Crippen LogP contribution >= 0.6 is 11.3 Å². The predicted molar refractivity (Wildman–Crippen MR) is 88.4 cm³/mol. The Morgan fingerprint density at radius 2 is 2.32 bits per heavy atom. The molecule has 0 saturated heterocycles. The van der Waals surface area contributed by atoms with Crippen molar-refractivity contribution in [1.29, 1.82) is 0 Å². The lowest BCUT2D eigenvalue weighted by Crippen LogP contribution is -2.37. The van der Waals surface area contributed by atoms with Gasteiger partial charge in [0.15, 0.2) is 0 Å². The second kappa shape index (κ2) is 8.38. The van der Waals surface area contributed by atoms with E-state index < -0.39 is 0 Å². The number of nitrogens with zero attached hydrogens (tertiary/aromatic N) is 1. The van der Waals surface area contributed by atoms with E-state index in [1.165, 1.54) is 16.9 Å². The minimum absolute atomic E-state index is 0.0709. The molecule has 5 nitrogen and oxygen atoms in total. The van der Waals surface area contributed by atoms with Crippen LogP contribution in [0.25, 0.3) is 0 Å². The van der Waals surface area contributed by atoms with Crippen LogP contribution in [0.4, 0.5) is 4.79 Å². The van der Waals surface area contributed by atoms with Crippen LogP contribution in [0.1, 0.15) is 30.0 Å². The SMILES string of the molecule is COc1cccc(CCCNC(=O)NC(C)c2nccs2)c1. The molecule has 0 aliphatic carbocycles. The third-order valence-corrected chi connectivity index (χ3v) is 4.19. The number of aryl methyl sites for hydroxylation is 1. The fourth-order valence-corrected chi connectivity index (χ4v) is 2.73. The van der Waals surface area contributed by atoms with E-state index in [1.807, 2.05) is 30.5 Å². The smallest absolute Gasteiger partial charge is 0.315 e. The van der Waals surface area contributed by atoms with Gasteiger partial charge >= 0.3 is 6.03 Å². The van der Waals surface area contributed by atoms with Crippen molar-refractivity contribution in [3.8, 4) is 5.75 Å². The lowest BCUT2D eigenvalue weighted by molar-refractivity contribution is 0.238. The molecule has 2 rings (SSSR count). The molecule has 6 heteroatoms. The molecule has 1 aromatic heterocycles. The number of thiazole rings is 1. The average molecular weight is 319 g/mol. The molecule has 0 bridgehead atoms. The van der Waals surface area contributed by atoms with Gasteiger partial charge in [0, 0.05) is 18.1 Å². The Balaban J connectivity index is 1.66. The van der Waals surface area contributed by atoms with Crippen molar-refractivity contribution >= 4 is 17.4 Å². The van der Waals surface area contributed by atoms with E-state index in [2.05, 4.69) is 21.7 Å². The molecule has 2 amide bonds. The molecule has 0 spiro atoms. The van der Waals surface area contributed by atoms with Crippen molar-refractivity contribution in [2.45, 2.75) is 25.8 Å². The molecule has 118 valence electrons. The summed E-state index contributed by atoms with van der Waals surface area (Å²) >= 11 is 1.54. The first kappa shape index (κ1) is 16.3. The van der Waals surface area contributed by atoms with Gasteiger partial charge in [0.1, 0.15) is 10.8 Å². The minimum Gasteiger partial charge on any atom is -0.497 e. The largest absolute Gasteiger partial charge is 0.497 e. The number of aromatic nitrogens is 1. The number of carbonyl (C=O) groups excluding carboxylic acids is 1. The van der Waals surface area contributed by atoms with E-state index in [4.69, 9.17) is 4.74 Å². The summed E-state index contributed by atoms with van der Waals surface area (Å²) in [5.74, 6) is 0.862. The molecule has 22 heavy (non-hydrogen) atoms. The Labute approximate surface area is 134 Å². The highest BCUT2D eigenvalue weighted by atomic mass is 32.1. The second-order valence-corrected chi connectivity index (χ2v) is 5.87. The Hall–Kier alpha value is -2.08. The van der Waals surface area contributed by atoms with Gasteiger partial charge in [-0.2, -0.15) is 0 Å². The zero-order chi connectivity index (χ0) is 15.8. The molecule has 2 N–H and O–H groups in total. The Morgan fingerprint density at radius 1 is 1.45 bits per heavy atom. The molecule has 0 radical (unpaired) electrons. The molecule has 2 aromatic rings. The van der Waals surface area contributed by atoms with Crippen LogP contribution in [-0.4, -0.2) is 24.7 Å². The average Bonchev–Trinajstić information content (AvgIpc) is 3.06. The summed E-state index contributed by atoms with van der Waals surface area (Å²) in [6.07, 6.45) is 3.52. The number of nitrogens with one attached hydrogen (secondary N) is 2. The van der Waals surface area contributed by atoms with E-state index in [1.54, 1.807) is 13.3 Å². The predicted octanol–water partition coefficient (Wildman–Crippen LogP) is 3.14. The monoisotopic (exact) mass is 319 g/mol. The standard InChI is InChI=1S/C16H21N3O2S/c1-12(15-17-9-10-22-15)19-16(20)18-8-4-6-13-5-3-7-14(11-13)21-2/h3,5,7,9-12H,4,6,8H2,1-2H3,(H2,18,19,20). The lowest BCUT2D eigenvalue weighted by Gasteiger charge is -2.12. The minimum atomic E-state index is -0.159. The maximum absolute atomic E-state index is 11.8. The van der Waals surface area contributed by atoms with Crippen LogP contribution in [0, 0.1) is 0 Å². The Kier molecular flexibility index (Phi) is 6.21. The van der Waals surface area contributed by atoms with Crippen LogP contribution < -0.4 is 15.4 Å². The summed E-state index contributed by atoms with van der Waals surface area (Å²) < 4.78 is 5.19. The van der Waals surface area contributed by atoms with Gasteiger partial charge in [-0.3, -0.25) is 0 Å². The van der Waals surface area contributed by atoms with E-state index in [0.29, 0.717) is 6.54 Å². The van der Waals surface area contributed by atoms with Crippen molar-refractivity contribution < 1.29 is 9.53 Å². The van der Waals surface area contributed by atoms with Crippen molar-refractivity contribution in [1.82, 2.24) is 15.6 Å². The van der Waals surface area contributed by atoms with E-state index >= 15 is 0 Å². The maximum atomic E-state index is 11.8. The van der Waals surface area contributed by atoms with Crippen molar-refractivity contribution in [2.24, 2.45) is 0 Å². The van der Waals surface area contributed by atoms with Gasteiger partial charge in [-0.15, -0.1) is 11.3 Å². The summed E-state index contributed by atoms with van der Waals surface area (Å²) in [6.45, 7) is 2.56. The number of amides is 2. The van der Waals surface area contributed by atoms with Gasteiger partial charge in [-0.05, 0) is 37.5 Å². The molecule has 0 aliphatic heterocycles. The van der Waals surface area contributed by atoms with Gasteiger partial charge < -0.3 is 15.4 Å². The number of hydrogen-bond donors (Lipinski definition) is 2. The number of benzene rings is 1. The van der Waals surface area contributed by atoms with Crippen LogP contribution in [0.3, 0.4) is 0 Å². The topological polar surface area (TPSA) is 63.2 Å². The maximum Gasteiger partial charge on any atom is 0.315 e. The van der Waals surface area contributed by atoms with Crippen molar-refractivity contribution in [3.63, 3.8) is 0 Å². The number of methoxy groups -OCH3 is 1. The van der Waals surface area contributed by atoms with Gasteiger partial charge in [0.05, 0.1) is 13.2 Å². The number of urea groups is 1. The van der Waals surface area contributed by atoms with Gasteiger partial charge in [-0.25, -0.2) is 9.78 Å². The first-order chi connectivity index (χ1) is 10.7.